The topological polar surface area (TPSA) is 38.3 Å². The van der Waals surface area contributed by atoms with Gasteiger partial charge in [-0.3, -0.25) is 4.79 Å². The van der Waals surface area contributed by atoms with Crippen LogP contribution in [0.4, 0.5) is 0 Å². The maximum absolute atomic E-state index is 12.2. The van der Waals surface area contributed by atoms with Crippen molar-refractivity contribution in [3.05, 3.63) is 64.6 Å². The van der Waals surface area contributed by atoms with Gasteiger partial charge in [-0.25, -0.2) is 0 Å². The summed E-state index contributed by atoms with van der Waals surface area (Å²) in [5.41, 5.74) is 0.430. The molecule has 1 amide bonds. The summed E-state index contributed by atoms with van der Waals surface area (Å²) in [5, 5.41) is 2.57. The molecule has 0 aromatic heterocycles. The maximum atomic E-state index is 12.2. The van der Waals surface area contributed by atoms with Crippen molar-refractivity contribution >= 4 is 56.6 Å². The SMILES string of the molecule is O=C(NC(Oc1ccccc1)C(Cl)(Cl)Cl)c1ccc(Br)cc1. The summed E-state index contributed by atoms with van der Waals surface area (Å²) in [5.74, 6) is 0.0784. The van der Waals surface area contributed by atoms with Crippen LogP contribution in [0.2, 0.25) is 0 Å². The van der Waals surface area contributed by atoms with Crippen LogP contribution in [0.25, 0.3) is 0 Å². The van der Waals surface area contributed by atoms with Gasteiger partial charge in [0.2, 0.25) is 10.0 Å². The van der Waals surface area contributed by atoms with Crippen molar-refractivity contribution < 1.29 is 9.53 Å². The Morgan fingerprint density at radius 2 is 1.64 bits per heavy atom. The molecule has 0 spiro atoms. The first-order valence-electron chi connectivity index (χ1n) is 6.21. The van der Waals surface area contributed by atoms with E-state index in [1.165, 1.54) is 0 Å². The fourth-order valence-corrected chi connectivity index (χ4v) is 2.18. The molecule has 1 N–H and O–H groups in total. The number of carbonyl (C=O) groups is 1. The second kappa shape index (κ2) is 7.55. The highest BCUT2D eigenvalue weighted by Crippen LogP contribution is 2.32. The number of hydrogen-bond acceptors (Lipinski definition) is 2. The van der Waals surface area contributed by atoms with Gasteiger partial charge in [0.1, 0.15) is 5.75 Å². The molecule has 2 rings (SSSR count). The molecule has 0 bridgehead atoms. The number of para-hydroxylation sites is 1. The number of rotatable bonds is 4. The van der Waals surface area contributed by atoms with E-state index in [9.17, 15) is 4.79 Å². The van der Waals surface area contributed by atoms with Crippen LogP contribution >= 0.6 is 50.7 Å². The Morgan fingerprint density at radius 3 is 2.18 bits per heavy atom. The average molecular weight is 424 g/mol. The molecule has 0 aliphatic carbocycles. The quantitative estimate of drug-likeness (QED) is 0.558. The van der Waals surface area contributed by atoms with Crippen molar-refractivity contribution in [2.24, 2.45) is 0 Å². The molecule has 0 aliphatic heterocycles. The molecular formula is C15H11BrCl3NO2. The van der Waals surface area contributed by atoms with Crippen molar-refractivity contribution in [3.63, 3.8) is 0 Å². The summed E-state index contributed by atoms with van der Waals surface area (Å²) in [6.45, 7) is 0. The smallest absolute Gasteiger partial charge is 0.254 e. The number of amides is 1. The van der Waals surface area contributed by atoms with E-state index in [0.29, 0.717) is 11.3 Å². The van der Waals surface area contributed by atoms with Crippen LogP contribution in [0.3, 0.4) is 0 Å². The standard InChI is InChI=1S/C15H11BrCl3NO2/c16-11-8-6-10(7-9-11)13(21)20-14(15(17,18)19)22-12-4-2-1-3-5-12/h1-9,14H,(H,20,21). The fraction of sp³-hybridized carbons (Fsp3) is 0.133. The van der Waals surface area contributed by atoms with Gasteiger partial charge >= 0.3 is 0 Å². The van der Waals surface area contributed by atoms with Crippen molar-refractivity contribution in [3.8, 4) is 5.75 Å². The molecule has 0 heterocycles. The summed E-state index contributed by atoms with van der Waals surface area (Å²) in [6.07, 6.45) is -1.13. The molecule has 22 heavy (non-hydrogen) atoms. The number of benzene rings is 2. The monoisotopic (exact) mass is 421 g/mol. The maximum Gasteiger partial charge on any atom is 0.254 e. The Bertz CT molecular complexity index is 629. The number of nitrogens with one attached hydrogen (secondary N) is 1. The van der Waals surface area contributed by atoms with Crippen LogP contribution in [-0.4, -0.2) is 15.9 Å². The molecule has 7 heteroatoms. The second-order valence-corrected chi connectivity index (χ2v) is 7.62. The molecule has 0 aliphatic rings. The number of ether oxygens (including phenoxy) is 1. The zero-order chi connectivity index (χ0) is 16.2. The van der Waals surface area contributed by atoms with Gasteiger partial charge in [-0.1, -0.05) is 68.9 Å². The van der Waals surface area contributed by atoms with Crippen LogP contribution in [0.5, 0.6) is 5.75 Å². The molecule has 2 aromatic carbocycles. The summed E-state index contributed by atoms with van der Waals surface area (Å²) in [7, 11) is 0. The number of carbonyl (C=O) groups excluding carboxylic acids is 1. The summed E-state index contributed by atoms with van der Waals surface area (Å²) >= 11 is 21.0. The number of hydrogen-bond donors (Lipinski definition) is 1. The Hall–Kier alpha value is -0.940. The van der Waals surface area contributed by atoms with Crippen LogP contribution in [-0.2, 0) is 0 Å². The van der Waals surface area contributed by atoms with E-state index in [0.717, 1.165) is 4.47 Å². The lowest BCUT2D eigenvalue weighted by Crippen LogP contribution is -2.47. The third-order valence-electron chi connectivity index (χ3n) is 2.66. The minimum Gasteiger partial charge on any atom is -0.466 e. The van der Waals surface area contributed by atoms with Gasteiger partial charge in [-0.05, 0) is 36.4 Å². The van der Waals surface area contributed by atoms with Crippen LogP contribution in [0.15, 0.2) is 59.1 Å². The van der Waals surface area contributed by atoms with Gasteiger partial charge < -0.3 is 10.1 Å². The zero-order valence-electron chi connectivity index (χ0n) is 11.1. The zero-order valence-corrected chi connectivity index (χ0v) is 15.0. The van der Waals surface area contributed by atoms with Gasteiger partial charge in [0.15, 0.2) is 0 Å². The second-order valence-electron chi connectivity index (χ2n) is 4.33. The third kappa shape index (κ3) is 5.06. The largest absolute Gasteiger partial charge is 0.466 e. The van der Waals surface area contributed by atoms with E-state index in [1.54, 1.807) is 48.5 Å². The van der Waals surface area contributed by atoms with Gasteiger partial charge in [0.05, 0.1) is 0 Å². The Balaban J connectivity index is 2.13. The third-order valence-corrected chi connectivity index (χ3v) is 3.79. The minimum absolute atomic E-state index is 0.403. The minimum atomic E-state index is -1.82. The predicted octanol–water partition coefficient (Wildman–Crippen LogP) is 4.95. The molecule has 2 aromatic rings. The molecular weight excluding hydrogens is 412 g/mol. The molecule has 116 valence electrons. The molecule has 1 atom stereocenters. The van der Waals surface area contributed by atoms with Gasteiger partial charge in [-0.15, -0.1) is 0 Å². The molecule has 0 radical (unpaired) electrons. The molecule has 3 nitrogen and oxygen atoms in total. The first-order chi connectivity index (χ1) is 10.4. The first-order valence-corrected chi connectivity index (χ1v) is 8.14. The van der Waals surface area contributed by atoms with Crippen LogP contribution < -0.4 is 10.1 Å². The van der Waals surface area contributed by atoms with Gasteiger partial charge in [-0.2, -0.15) is 0 Å². The van der Waals surface area contributed by atoms with Crippen molar-refractivity contribution in [1.82, 2.24) is 5.32 Å². The Morgan fingerprint density at radius 1 is 1.05 bits per heavy atom. The van der Waals surface area contributed by atoms with E-state index in [4.69, 9.17) is 39.5 Å². The molecule has 0 fully saturated rings. The first kappa shape index (κ1) is 17.4. The fourth-order valence-electron chi connectivity index (χ4n) is 1.62. The lowest BCUT2D eigenvalue weighted by Gasteiger charge is -2.26. The van der Waals surface area contributed by atoms with Crippen LogP contribution in [0.1, 0.15) is 10.4 Å². The highest BCUT2D eigenvalue weighted by molar-refractivity contribution is 9.10. The average Bonchev–Trinajstić information content (AvgIpc) is 2.47. The number of halogens is 4. The number of alkyl halides is 3. The van der Waals surface area contributed by atoms with Crippen molar-refractivity contribution in [2.45, 2.75) is 10.0 Å². The summed E-state index contributed by atoms with van der Waals surface area (Å²) in [4.78, 5) is 12.2. The van der Waals surface area contributed by atoms with Crippen LogP contribution in [0, 0.1) is 0 Å². The normalized spacial score (nSPS) is 12.5. The summed E-state index contributed by atoms with van der Waals surface area (Å²) < 4.78 is 4.60. The van der Waals surface area contributed by atoms with E-state index >= 15 is 0 Å². The molecule has 0 saturated heterocycles. The lowest BCUT2D eigenvalue weighted by atomic mass is 10.2. The Kier molecular flexibility index (Phi) is 5.98. The highest BCUT2D eigenvalue weighted by Gasteiger charge is 2.36. The Labute approximate surface area is 151 Å². The summed E-state index contributed by atoms with van der Waals surface area (Å²) in [6, 6.07) is 15.6. The van der Waals surface area contributed by atoms with Gasteiger partial charge in [0.25, 0.3) is 5.91 Å². The van der Waals surface area contributed by atoms with Gasteiger partial charge in [0, 0.05) is 10.0 Å². The lowest BCUT2D eigenvalue weighted by molar-refractivity contribution is 0.0833. The van der Waals surface area contributed by atoms with E-state index in [2.05, 4.69) is 21.2 Å². The highest BCUT2D eigenvalue weighted by atomic mass is 79.9. The van der Waals surface area contributed by atoms with Crippen molar-refractivity contribution in [1.29, 1.82) is 0 Å². The van der Waals surface area contributed by atoms with Crippen molar-refractivity contribution in [2.75, 3.05) is 0 Å². The van der Waals surface area contributed by atoms with E-state index in [1.807, 2.05) is 6.07 Å². The van der Waals surface area contributed by atoms with E-state index in [-0.39, 0.29) is 0 Å². The predicted molar refractivity (Wildman–Crippen MR) is 92.8 cm³/mol. The molecule has 1 unspecified atom stereocenters. The van der Waals surface area contributed by atoms with E-state index < -0.39 is 15.9 Å². The molecule has 0 saturated carbocycles.